The molecular weight excluding hydrogens is 152 g/mol. The van der Waals surface area contributed by atoms with Gasteiger partial charge in [0.1, 0.15) is 6.33 Å². The Labute approximate surface area is 69.7 Å². The van der Waals surface area contributed by atoms with Gasteiger partial charge in [-0.1, -0.05) is 0 Å². The first kappa shape index (κ1) is 6.97. The standard InChI is InChI=1S/C8H8N4/c1-6-2-3-7(4-9-6)8-10-5-11-12-8/h2-5H,1H3,(H,10,11,12). The Morgan fingerprint density at radius 3 is 2.75 bits per heavy atom. The molecule has 0 radical (unpaired) electrons. The molecule has 12 heavy (non-hydrogen) atoms. The van der Waals surface area contributed by atoms with Crippen molar-refractivity contribution < 1.29 is 0 Å². The third kappa shape index (κ3) is 1.18. The van der Waals surface area contributed by atoms with Crippen LogP contribution in [0.2, 0.25) is 0 Å². The van der Waals surface area contributed by atoms with Gasteiger partial charge in [-0.2, -0.15) is 5.10 Å². The van der Waals surface area contributed by atoms with Crippen molar-refractivity contribution in [1.29, 1.82) is 0 Å². The third-order valence-electron chi connectivity index (χ3n) is 1.58. The lowest BCUT2D eigenvalue weighted by atomic mass is 10.2. The van der Waals surface area contributed by atoms with E-state index in [0.717, 1.165) is 11.3 Å². The molecule has 0 aliphatic carbocycles. The molecular formula is C8H8N4. The summed E-state index contributed by atoms with van der Waals surface area (Å²) in [6.45, 7) is 1.95. The molecule has 0 aliphatic heterocycles. The minimum Gasteiger partial charge on any atom is -0.265 e. The van der Waals surface area contributed by atoms with Gasteiger partial charge in [0, 0.05) is 17.5 Å². The van der Waals surface area contributed by atoms with E-state index in [9.17, 15) is 0 Å². The van der Waals surface area contributed by atoms with Crippen LogP contribution in [0, 0.1) is 6.92 Å². The maximum atomic E-state index is 4.14. The molecule has 0 bridgehead atoms. The Bertz CT molecular complexity index is 349. The molecule has 0 aromatic carbocycles. The molecule has 0 saturated carbocycles. The maximum Gasteiger partial charge on any atom is 0.182 e. The van der Waals surface area contributed by atoms with Gasteiger partial charge >= 0.3 is 0 Å². The largest absolute Gasteiger partial charge is 0.265 e. The number of rotatable bonds is 1. The molecule has 0 unspecified atom stereocenters. The Morgan fingerprint density at radius 1 is 1.25 bits per heavy atom. The highest BCUT2D eigenvalue weighted by Gasteiger charge is 1.99. The van der Waals surface area contributed by atoms with E-state index >= 15 is 0 Å². The van der Waals surface area contributed by atoms with Gasteiger partial charge in [-0.15, -0.1) is 0 Å². The molecule has 60 valence electrons. The first-order valence-corrected chi connectivity index (χ1v) is 3.65. The van der Waals surface area contributed by atoms with E-state index < -0.39 is 0 Å². The quantitative estimate of drug-likeness (QED) is 0.681. The van der Waals surface area contributed by atoms with Gasteiger partial charge in [0.15, 0.2) is 5.82 Å². The van der Waals surface area contributed by atoms with Crippen molar-refractivity contribution in [2.45, 2.75) is 6.92 Å². The van der Waals surface area contributed by atoms with Crippen LogP contribution in [-0.2, 0) is 0 Å². The molecule has 0 fully saturated rings. The summed E-state index contributed by atoms with van der Waals surface area (Å²) >= 11 is 0. The number of aryl methyl sites for hydroxylation is 1. The summed E-state index contributed by atoms with van der Waals surface area (Å²) in [6, 6.07) is 3.89. The number of nitrogens with one attached hydrogen (secondary N) is 1. The molecule has 1 N–H and O–H groups in total. The average molecular weight is 160 g/mol. The molecule has 0 spiro atoms. The second-order valence-corrected chi connectivity index (χ2v) is 2.51. The molecule has 0 aliphatic rings. The van der Waals surface area contributed by atoms with Gasteiger partial charge in [0.2, 0.25) is 0 Å². The molecule has 2 aromatic rings. The number of hydrogen-bond acceptors (Lipinski definition) is 3. The summed E-state index contributed by atoms with van der Waals surface area (Å²) in [5.74, 6) is 0.683. The molecule has 0 saturated heterocycles. The summed E-state index contributed by atoms with van der Waals surface area (Å²) in [4.78, 5) is 8.15. The summed E-state index contributed by atoms with van der Waals surface area (Å²) in [6.07, 6.45) is 3.31. The third-order valence-corrected chi connectivity index (χ3v) is 1.58. The van der Waals surface area contributed by atoms with Gasteiger partial charge in [-0.25, -0.2) is 4.98 Å². The lowest BCUT2D eigenvalue weighted by molar-refractivity contribution is 1.09. The molecule has 2 aromatic heterocycles. The van der Waals surface area contributed by atoms with Crippen LogP contribution in [0.3, 0.4) is 0 Å². The van der Waals surface area contributed by atoms with E-state index in [1.165, 1.54) is 0 Å². The summed E-state index contributed by atoms with van der Waals surface area (Å²) < 4.78 is 0. The number of aromatic amines is 1. The number of H-pyrrole nitrogens is 1. The normalized spacial score (nSPS) is 10.1. The Morgan fingerprint density at radius 2 is 2.17 bits per heavy atom. The van der Waals surface area contributed by atoms with Crippen molar-refractivity contribution in [3.05, 3.63) is 30.4 Å². The van der Waals surface area contributed by atoms with Crippen molar-refractivity contribution >= 4 is 0 Å². The van der Waals surface area contributed by atoms with Crippen LogP contribution in [0.25, 0.3) is 11.4 Å². The fourth-order valence-electron chi connectivity index (χ4n) is 0.948. The zero-order valence-corrected chi connectivity index (χ0v) is 6.65. The summed E-state index contributed by atoms with van der Waals surface area (Å²) in [5.41, 5.74) is 1.93. The van der Waals surface area contributed by atoms with E-state index in [0.29, 0.717) is 5.82 Å². The minimum atomic E-state index is 0.683. The predicted molar refractivity (Wildman–Crippen MR) is 44.4 cm³/mol. The Kier molecular flexibility index (Phi) is 1.59. The van der Waals surface area contributed by atoms with E-state index in [1.807, 2.05) is 19.1 Å². The predicted octanol–water partition coefficient (Wildman–Crippen LogP) is 1.18. The monoisotopic (exact) mass is 160 g/mol. The van der Waals surface area contributed by atoms with Gasteiger partial charge in [-0.05, 0) is 19.1 Å². The second kappa shape index (κ2) is 2.73. The van der Waals surface area contributed by atoms with E-state index in [1.54, 1.807) is 12.5 Å². The molecule has 4 nitrogen and oxygen atoms in total. The first-order valence-electron chi connectivity index (χ1n) is 3.65. The molecule has 2 rings (SSSR count). The Hall–Kier alpha value is -1.71. The SMILES string of the molecule is Cc1ccc(-c2nc[nH]n2)cn1. The van der Waals surface area contributed by atoms with E-state index in [2.05, 4.69) is 20.2 Å². The zero-order valence-electron chi connectivity index (χ0n) is 6.65. The average Bonchev–Trinajstić information content (AvgIpc) is 2.58. The maximum absolute atomic E-state index is 4.14. The fourth-order valence-corrected chi connectivity index (χ4v) is 0.948. The number of nitrogens with zero attached hydrogens (tertiary/aromatic N) is 3. The van der Waals surface area contributed by atoms with Gasteiger partial charge < -0.3 is 0 Å². The first-order chi connectivity index (χ1) is 5.86. The lowest BCUT2D eigenvalue weighted by Crippen LogP contribution is -1.84. The highest BCUT2D eigenvalue weighted by Crippen LogP contribution is 2.11. The van der Waals surface area contributed by atoms with Crippen LogP contribution < -0.4 is 0 Å². The van der Waals surface area contributed by atoms with Crippen LogP contribution in [0.1, 0.15) is 5.69 Å². The summed E-state index contributed by atoms with van der Waals surface area (Å²) in [7, 11) is 0. The van der Waals surface area contributed by atoms with Crippen molar-refractivity contribution in [3.63, 3.8) is 0 Å². The highest BCUT2D eigenvalue weighted by atomic mass is 15.2. The van der Waals surface area contributed by atoms with Crippen LogP contribution in [0.5, 0.6) is 0 Å². The molecule has 4 heteroatoms. The smallest absolute Gasteiger partial charge is 0.182 e. The summed E-state index contributed by atoms with van der Waals surface area (Å²) in [5, 5.41) is 6.59. The molecule has 0 atom stereocenters. The van der Waals surface area contributed by atoms with Crippen molar-refractivity contribution in [3.8, 4) is 11.4 Å². The van der Waals surface area contributed by atoms with Crippen molar-refractivity contribution in [2.24, 2.45) is 0 Å². The number of pyridine rings is 1. The number of aromatic nitrogens is 4. The zero-order chi connectivity index (χ0) is 8.39. The topological polar surface area (TPSA) is 54.5 Å². The Balaban J connectivity index is 2.43. The van der Waals surface area contributed by atoms with Gasteiger partial charge in [0.05, 0.1) is 0 Å². The molecule has 0 amide bonds. The van der Waals surface area contributed by atoms with Gasteiger partial charge in [-0.3, -0.25) is 10.1 Å². The van der Waals surface area contributed by atoms with Gasteiger partial charge in [0.25, 0.3) is 0 Å². The second-order valence-electron chi connectivity index (χ2n) is 2.51. The lowest BCUT2D eigenvalue weighted by Gasteiger charge is -1.93. The van der Waals surface area contributed by atoms with Crippen LogP contribution in [0.15, 0.2) is 24.7 Å². The highest BCUT2D eigenvalue weighted by molar-refractivity contribution is 5.52. The van der Waals surface area contributed by atoms with Crippen LogP contribution in [-0.4, -0.2) is 20.2 Å². The van der Waals surface area contributed by atoms with E-state index in [-0.39, 0.29) is 0 Å². The van der Waals surface area contributed by atoms with Crippen molar-refractivity contribution in [2.75, 3.05) is 0 Å². The molecule has 2 heterocycles. The van der Waals surface area contributed by atoms with Crippen molar-refractivity contribution in [1.82, 2.24) is 20.2 Å². The van der Waals surface area contributed by atoms with Crippen LogP contribution in [0.4, 0.5) is 0 Å². The minimum absolute atomic E-state index is 0.683. The van der Waals surface area contributed by atoms with E-state index in [4.69, 9.17) is 0 Å². The van der Waals surface area contributed by atoms with Crippen LogP contribution >= 0.6 is 0 Å². The number of hydrogen-bond donors (Lipinski definition) is 1. The fraction of sp³-hybridized carbons (Fsp3) is 0.125.